The number of rotatable bonds is 12. The SMILES string of the molecule is CCCCc1ccc(NS(=O)(=O)c2ccc(C)c(C(=O)OCC(=O)Nc3ccc(S(=O)(=O)N4CCCCC4)cc3)c2)cc1. The summed E-state index contributed by atoms with van der Waals surface area (Å²) in [7, 11) is -7.59. The van der Waals surface area contributed by atoms with Crippen LogP contribution in [-0.2, 0) is 36.0 Å². The minimum atomic E-state index is -3.99. The number of carbonyl (C=O) groups is 2. The number of hydrogen-bond donors (Lipinski definition) is 2. The Balaban J connectivity index is 1.35. The highest BCUT2D eigenvalue weighted by molar-refractivity contribution is 7.92. The molecule has 3 aromatic carbocycles. The van der Waals surface area contributed by atoms with Gasteiger partial charge in [0.25, 0.3) is 15.9 Å². The van der Waals surface area contributed by atoms with E-state index < -0.39 is 38.5 Å². The van der Waals surface area contributed by atoms with Crippen LogP contribution in [0.25, 0.3) is 0 Å². The Kier molecular flexibility index (Phi) is 10.6. The number of esters is 1. The zero-order valence-corrected chi connectivity index (χ0v) is 26.0. The number of sulfonamides is 2. The van der Waals surface area contributed by atoms with Crippen molar-refractivity contribution in [2.45, 2.75) is 62.2 Å². The van der Waals surface area contributed by atoms with E-state index in [9.17, 15) is 26.4 Å². The van der Waals surface area contributed by atoms with E-state index in [4.69, 9.17) is 4.74 Å². The Hall–Kier alpha value is -3.74. The van der Waals surface area contributed by atoms with Gasteiger partial charge in [-0.25, -0.2) is 21.6 Å². The molecule has 0 saturated carbocycles. The van der Waals surface area contributed by atoms with Crippen molar-refractivity contribution in [3.05, 3.63) is 83.4 Å². The van der Waals surface area contributed by atoms with E-state index in [-0.39, 0.29) is 15.4 Å². The molecule has 1 aliphatic heterocycles. The highest BCUT2D eigenvalue weighted by Crippen LogP contribution is 2.23. The molecule has 1 fully saturated rings. The van der Waals surface area contributed by atoms with Gasteiger partial charge in [-0.1, -0.05) is 38.0 Å². The summed E-state index contributed by atoms with van der Waals surface area (Å²) < 4.78 is 60.8. The highest BCUT2D eigenvalue weighted by Gasteiger charge is 2.26. The molecule has 12 heteroatoms. The number of aryl methyl sites for hydroxylation is 2. The van der Waals surface area contributed by atoms with E-state index in [2.05, 4.69) is 17.0 Å². The number of amides is 1. The second kappa shape index (κ2) is 14.2. The van der Waals surface area contributed by atoms with Crippen molar-refractivity contribution >= 4 is 43.3 Å². The third-order valence-electron chi connectivity index (χ3n) is 7.19. The number of anilines is 2. The average Bonchev–Trinajstić information content (AvgIpc) is 3.00. The lowest BCUT2D eigenvalue weighted by Crippen LogP contribution is -2.35. The molecule has 0 spiro atoms. The van der Waals surface area contributed by atoms with Crippen molar-refractivity contribution in [1.29, 1.82) is 0 Å². The molecule has 1 amide bonds. The third-order valence-corrected chi connectivity index (χ3v) is 10.5. The number of piperidine rings is 1. The smallest absolute Gasteiger partial charge is 0.338 e. The summed E-state index contributed by atoms with van der Waals surface area (Å²) in [6.07, 6.45) is 5.70. The first-order valence-electron chi connectivity index (χ1n) is 14.3. The number of nitrogens with zero attached hydrogens (tertiary/aromatic N) is 1. The standard InChI is InChI=1S/C31H37N3O7S2/c1-3-4-8-24-10-12-26(13-11-24)33-42(37,38)28-16-9-23(2)29(21-28)31(36)41-22-30(35)32-25-14-17-27(18-15-25)43(39,40)34-19-6-5-7-20-34/h9-18,21,33H,3-8,19-20,22H2,1-2H3,(H,32,35). The van der Waals surface area contributed by atoms with Gasteiger partial charge in [-0.2, -0.15) is 4.31 Å². The van der Waals surface area contributed by atoms with Gasteiger partial charge in [-0.15, -0.1) is 0 Å². The molecule has 4 rings (SSSR count). The molecule has 10 nitrogen and oxygen atoms in total. The third kappa shape index (κ3) is 8.43. The molecule has 1 heterocycles. The zero-order valence-electron chi connectivity index (χ0n) is 24.3. The Bertz CT molecular complexity index is 1650. The van der Waals surface area contributed by atoms with Gasteiger partial charge in [0, 0.05) is 24.5 Å². The van der Waals surface area contributed by atoms with Crippen LogP contribution in [0.15, 0.2) is 76.5 Å². The van der Waals surface area contributed by atoms with E-state index in [1.807, 2.05) is 12.1 Å². The van der Waals surface area contributed by atoms with Gasteiger partial charge < -0.3 is 10.1 Å². The van der Waals surface area contributed by atoms with Gasteiger partial charge in [0.05, 0.1) is 15.4 Å². The van der Waals surface area contributed by atoms with Crippen LogP contribution in [0.4, 0.5) is 11.4 Å². The molecule has 0 aromatic heterocycles. The van der Waals surface area contributed by atoms with Crippen molar-refractivity contribution in [2.24, 2.45) is 0 Å². The minimum absolute atomic E-state index is 0.0119. The van der Waals surface area contributed by atoms with E-state index in [1.54, 1.807) is 19.1 Å². The largest absolute Gasteiger partial charge is 0.452 e. The van der Waals surface area contributed by atoms with Crippen LogP contribution in [0.5, 0.6) is 0 Å². The first-order valence-corrected chi connectivity index (χ1v) is 17.2. The lowest BCUT2D eigenvalue weighted by Gasteiger charge is -2.25. The fraction of sp³-hybridized carbons (Fsp3) is 0.355. The van der Waals surface area contributed by atoms with E-state index in [0.717, 1.165) is 44.1 Å². The number of nitrogens with one attached hydrogen (secondary N) is 2. The van der Waals surface area contributed by atoms with E-state index >= 15 is 0 Å². The maximum absolute atomic E-state index is 13.0. The summed E-state index contributed by atoms with van der Waals surface area (Å²) in [6.45, 7) is 4.10. The van der Waals surface area contributed by atoms with Crippen LogP contribution in [0.3, 0.4) is 0 Å². The molecule has 0 aliphatic carbocycles. The number of carbonyl (C=O) groups excluding carboxylic acids is 2. The average molecular weight is 628 g/mol. The molecule has 0 atom stereocenters. The van der Waals surface area contributed by atoms with Gasteiger partial charge in [0.15, 0.2) is 6.61 Å². The van der Waals surface area contributed by atoms with Crippen LogP contribution < -0.4 is 10.0 Å². The van der Waals surface area contributed by atoms with Crippen LogP contribution in [0, 0.1) is 6.92 Å². The molecular weight excluding hydrogens is 590 g/mol. The second-order valence-electron chi connectivity index (χ2n) is 10.5. The molecule has 0 radical (unpaired) electrons. The molecule has 1 aliphatic rings. The summed E-state index contributed by atoms with van der Waals surface area (Å²) in [5, 5.41) is 2.57. The summed E-state index contributed by atoms with van der Waals surface area (Å²) in [5.74, 6) is -1.49. The summed E-state index contributed by atoms with van der Waals surface area (Å²) in [5.41, 5.74) is 2.35. The Morgan fingerprint density at radius 1 is 0.837 bits per heavy atom. The Labute approximate surface area is 253 Å². The number of hydrogen-bond acceptors (Lipinski definition) is 7. The number of ether oxygens (including phenoxy) is 1. The summed E-state index contributed by atoms with van der Waals surface area (Å²) in [6, 6.07) is 17.1. The van der Waals surface area contributed by atoms with Crippen molar-refractivity contribution in [1.82, 2.24) is 4.31 Å². The number of benzene rings is 3. The minimum Gasteiger partial charge on any atom is -0.452 e. The van der Waals surface area contributed by atoms with Crippen LogP contribution in [0.2, 0.25) is 0 Å². The van der Waals surface area contributed by atoms with E-state index in [1.165, 1.54) is 46.8 Å². The van der Waals surface area contributed by atoms with E-state index in [0.29, 0.717) is 30.0 Å². The molecule has 3 aromatic rings. The molecule has 43 heavy (non-hydrogen) atoms. The van der Waals surface area contributed by atoms with Crippen LogP contribution in [0.1, 0.15) is 60.5 Å². The van der Waals surface area contributed by atoms with Gasteiger partial charge in [-0.05, 0) is 92.3 Å². The quantitative estimate of drug-likeness (QED) is 0.266. The van der Waals surface area contributed by atoms with Gasteiger partial charge in [0.2, 0.25) is 10.0 Å². The predicted molar refractivity (Wildman–Crippen MR) is 165 cm³/mol. The predicted octanol–water partition coefficient (Wildman–Crippen LogP) is 5.11. The van der Waals surface area contributed by atoms with Gasteiger partial charge in [0.1, 0.15) is 0 Å². The maximum atomic E-state index is 13.0. The Morgan fingerprint density at radius 2 is 1.47 bits per heavy atom. The fourth-order valence-electron chi connectivity index (χ4n) is 4.69. The fourth-order valence-corrected chi connectivity index (χ4v) is 7.29. The zero-order chi connectivity index (χ0) is 31.0. The van der Waals surface area contributed by atoms with Gasteiger partial charge >= 0.3 is 5.97 Å². The van der Waals surface area contributed by atoms with Gasteiger partial charge in [-0.3, -0.25) is 9.52 Å². The van der Waals surface area contributed by atoms with Crippen molar-refractivity contribution in [3.8, 4) is 0 Å². The molecule has 2 N–H and O–H groups in total. The summed E-state index contributed by atoms with van der Waals surface area (Å²) >= 11 is 0. The first-order chi connectivity index (χ1) is 20.5. The van der Waals surface area contributed by atoms with Crippen LogP contribution in [-0.4, -0.2) is 52.7 Å². The normalized spacial score (nSPS) is 14.2. The van der Waals surface area contributed by atoms with Crippen molar-refractivity contribution in [3.63, 3.8) is 0 Å². The highest BCUT2D eigenvalue weighted by atomic mass is 32.2. The molecule has 230 valence electrons. The maximum Gasteiger partial charge on any atom is 0.338 e. The second-order valence-corrected chi connectivity index (χ2v) is 14.1. The summed E-state index contributed by atoms with van der Waals surface area (Å²) in [4.78, 5) is 25.3. The molecular formula is C31H37N3O7S2. The van der Waals surface area contributed by atoms with Crippen molar-refractivity contribution in [2.75, 3.05) is 29.7 Å². The lowest BCUT2D eigenvalue weighted by atomic mass is 10.1. The molecule has 0 bridgehead atoms. The number of unbranched alkanes of at least 4 members (excludes halogenated alkanes) is 1. The lowest BCUT2D eigenvalue weighted by molar-refractivity contribution is -0.119. The first kappa shape index (κ1) is 32.2. The molecule has 0 unspecified atom stereocenters. The topological polar surface area (TPSA) is 139 Å². The van der Waals surface area contributed by atoms with Crippen molar-refractivity contribution < 1.29 is 31.2 Å². The Morgan fingerprint density at radius 3 is 2.12 bits per heavy atom. The molecule has 1 saturated heterocycles. The monoisotopic (exact) mass is 627 g/mol. The van der Waals surface area contributed by atoms with Crippen LogP contribution >= 0.6 is 0 Å².